The maximum absolute atomic E-state index is 13.0. The van der Waals surface area contributed by atoms with Crippen LogP contribution in [0.4, 0.5) is 10.1 Å². The van der Waals surface area contributed by atoms with Crippen molar-refractivity contribution in [3.8, 4) is 11.4 Å². The van der Waals surface area contributed by atoms with E-state index in [1.54, 1.807) is 16.9 Å². The molecule has 0 spiro atoms. The Labute approximate surface area is 193 Å². The molecule has 0 atom stereocenters. The van der Waals surface area contributed by atoms with Crippen LogP contribution in [0.3, 0.4) is 0 Å². The van der Waals surface area contributed by atoms with Gasteiger partial charge in [-0.1, -0.05) is 36.8 Å². The first-order valence-corrected chi connectivity index (χ1v) is 11.5. The van der Waals surface area contributed by atoms with Crippen molar-refractivity contribution in [1.82, 2.24) is 30.0 Å². The molecule has 8 nitrogen and oxygen atoms in total. The number of halogens is 1. The van der Waals surface area contributed by atoms with E-state index in [1.807, 2.05) is 30.3 Å². The predicted octanol–water partition coefficient (Wildman–Crippen LogP) is 2.91. The summed E-state index contributed by atoms with van der Waals surface area (Å²) in [7, 11) is 0. The van der Waals surface area contributed by atoms with E-state index < -0.39 is 0 Å². The fourth-order valence-corrected chi connectivity index (χ4v) is 3.91. The number of nitrogens with one attached hydrogen (secondary N) is 1. The van der Waals surface area contributed by atoms with E-state index in [2.05, 4.69) is 30.5 Å². The minimum absolute atomic E-state index is 0.0628. The summed E-state index contributed by atoms with van der Waals surface area (Å²) in [6.45, 7) is 5.89. The van der Waals surface area contributed by atoms with Crippen molar-refractivity contribution in [2.75, 3.05) is 44.6 Å². The van der Waals surface area contributed by atoms with Crippen LogP contribution in [-0.4, -0.2) is 75.2 Å². The van der Waals surface area contributed by atoms with E-state index in [9.17, 15) is 9.18 Å². The largest absolute Gasteiger partial charge is 0.325 e. The molecule has 1 amide bonds. The molecule has 33 heavy (non-hydrogen) atoms. The Balaban J connectivity index is 1.07. The standard InChI is InChI=1S/C24H30FN7O/c25-21-9-11-22(12-10-21)26-23(33)19-31-17-15-30(16-18-31)13-5-2-6-14-32-28-24(27-29-32)20-7-3-1-4-8-20/h1,3-4,7-12H,2,5-6,13-19H2,(H,26,33). The number of carbonyl (C=O) groups is 1. The van der Waals surface area contributed by atoms with Gasteiger partial charge >= 0.3 is 0 Å². The molecule has 3 aromatic rings. The Bertz CT molecular complexity index is 1000. The molecule has 0 radical (unpaired) electrons. The number of aryl methyl sites for hydroxylation is 1. The van der Waals surface area contributed by atoms with E-state index in [0.717, 1.165) is 64.1 Å². The highest BCUT2D eigenvalue weighted by Gasteiger charge is 2.18. The third-order valence-electron chi connectivity index (χ3n) is 5.78. The van der Waals surface area contributed by atoms with Crippen LogP contribution >= 0.6 is 0 Å². The number of carbonyl (C=O) groups excluding carboxylic acids is 1. The molecular formula is C24H30FN7O. The molecular weight excluding hydrogens is 421 g/mol. The third kappa shape index (κ3) is 7.16. The van der Waals surface area contributed by atoms with Crippen LogP contribution in [0, 0.1) is 5.82 Å². The SMILES string of the molecule is O=C(CN1CCN(CCCCCn2nnc(-c3ccccc3)n2)CC1)Nc1ccc(F)cc1. The Morgan fingerprint density at radius 3 is 2.33 bits per heavy atom. The van der Waals surface area contributed by atoms with E-state index in [0.29, 0.717) is 18.1 Å². The second-order valence-electron chi connectivity index (χ2n) is 8.31. The molecule has 2 aromatic carbocycles. The smallest absolute Gasteiger partial charge is 0.238 e. The van der Waals surface area contributed by atoms with Crippen molar-refractivity contribution in [3.05, 3.63) is 60.4 Å². The molecule has 4 rings (SSSR count). The fourth-order valence-electron chi connectivity index (χ4n) is 3.91. The van der Waals surface area contributed by atoms with Crippen LogP contribution in [0.1, 0.15) is 19.3 Å². The molecule has 1 aliphatic heterocycles. The van der Waals surface area contributed by atoms with E-state index in [1.165, 1.54) is 12.1 Å². The van der Waals surface area contributed by atoms with Crippen molar-refractivity contribution >= 4 is 11.6 Å². The zero-order chi connectivity index (χ0) is 22.9. The van der Waals surface area contributed by atoms with E-state index in [-0.39, 0.29) is 11.7 Å². The maximum Gasteiger partial charge on any atom is 0.238 e. The van der Waals surface area contributed by atoms with Gasteiger partial charge in [-0.2, -0.15) is 4.80 Å². The molecule has 1 N–H and O–H groups in total. The maximum atomic E-state index is 13.0. The van der Waals surface area contributed by atoms with Crippen LogP contribution in [0.15, 0.2) is 54.6 Å². The second-order valence-corrected chi connectivity index (χ2v) is 8.31. The van der Waals surface area contributed by atoms with Crippen molar-refractivity contribution in [1.29, 1.82) is 0 Å². The van der Waals surface area contributed by atoms with Crippen molar-refractivity contribution in [3.63, 3.8) is 0 Å². The van der Waals surface area contributed by atoms with Gasteiger partial charge in [0.05, 0.1) is 13.1 Å². The molecule has 174 valence electrons. The molecule has 1 aromatic heterocycles. The van der Waals surface area contributed by atoms with Gasteiger partial charge in [0.1, 0.15) is 5.82 Å². The second kappa shape index (κ2) is 11.6. The monoisotopic (exact) mass is 451 g/mol. The van der Waals surface area contributed by atoms with Gasteiger partial charge in [0.25, 0.3) is 0 Å². The lowest BCUT2D eigenvalue weighted by Crippen LogP contribution is -2.48. The summed E-state index contributed by atoms with van der Waals surface area (Å²) in [5, 5.41) is 15.6. The number of anilines is 1. The van der Waals surface area contributed by atoms with E-state index in [4.69, 9.17) is 0 Å². The van der Waals surface area contributed by atoms with Gasteiger partial charge in [0, 0.05) is 37.4 Å². The number of nitrogens with zero attached hydrogens (tertiary/aromatic N) is 6. The van der Waals surface area contributed by atoms with Crippen molar-refractivity contribution < 1.29 is 9.18 Å². The minimum Gasteiger partial charge on any atom is -0.325 e. The summed E-state index contributed by atoms with van der Waals surface area (Å²) in [5.74, 6) is 0.295. The highest BCUT2D eigenvalue weighted by molar-refractivity contribution is 5.92. The van der Waals surface area contributed by atoms with Gasteiger partial charge in [-0.15, -0.1) is 10.2 Å². The van der Waals surface area contributed by atoms with Crippen molar-refractivity contribution in [2.45, 2.75) is 25.8 Å². The Kier molecular flexibility index (Phi) is 8.10. The lowest BCUT2D eigenvalue weighted by Gasteiger charge is -2.34. The van der Waals surface area contributed by atoms with Gasteiger partial charge in [-0.3, -0.25) is 9.69 Å². The zero-order valence-electron chi connectivity index (χ0n) is 18.7. The number of hydrogen-bond donors (Lipinski definition) is 1. The predicted molar refractivity (Wildman–Crippen MR) is 125 cm³/mol. The number of hydrogen-bond acceptors (Lipinski definition) is 6. The van der Waals surface area contributed by atoms with Gasteiger partial charge < -0.3 is 10.2 Å². The number of piperazine rings is 1. The molecule has 0 bridgehead atoms. The molecule has 1 fully saturated rings. The normalized spacial score (nSPS) is 14.9. The molecule has 2 heterocycles. The van der Waals surface area contributed by atoms with Gasteiger partial charge in [0.15, 0.2) is 0 Å². The highest BCUT2D eigenvalue weighted by Crippen LogP contribution is 2.12. The van der Waals surface area contributed by atoms with Gasteiger partial charge in [-0.25, -0.2) is 4.39 Å². The molecule has 9 heteroatoms. The van der Waals surface area contributed by atoms with Gasteiger partial charge in [0.2, 0.25) is 11.7 Å². The summed E-state index contributed by atoms with van der Waals surface area (Å²) >= 11 is 0. The van der Waals surface area contributed by atoms with Crippen LogP contribution in [0.5, 0.6) is 0 Å². The topological polar surface area (TPSA) is 79.2 Å². The first kappa shape index (κ1) is 23.0. The summed E-state index contributed by atoms with van der Waals surface area (Å²) < 4.78 is 13.0. The number of rotatable bonds is 10. The molecule has 1 aliphatic rings. The summed E-state index contributed by atoms with van der Waals surface area (Å²) in [6, 6.07) is 15.7. The molecule has 1 saturated heterocycles. The van der Waals surface area contributed by atoms with Crippen LogP contribution in [0.2, 0.25) is 0 Å². The Morgan fingerprint density at radius 2 is 1.58 bits per heavy atom. The lowest BCUT2D eigenvalue weighted by atomic mass is 10.2. The number of tetrazole rings is 1. The number of amides is 1. The summed E-state index contributed by atoms with van der Waals surface area (Å²) in [4.78, 5) is 18.5. The third-order valence-corrected chi connectivity index (χ3v) is 5.78. The number of benzene rings is 2. The van der Waals surface area contributed by atoms with Gasteiger partial charge in [-0.05, 0) is 48.9 Å². The van der Waals surface area contributed by atoms with Crippen molar-refractivity contribution in [2.24, 2.45) is 0 Å². The fraction of sp³-hybridized carbons (Fsp3) is 0.417. The Hall–Kier alpha value is -3.17. The first-order valence-electron chi connectivity index (χ1n) is 11.5. The molecule has 0 saturated carbocycles. The van der Waals surface area contributed by atoms with Crippen LogP contribution in [-0.2, 0) is 11.3 Å². The molecule has 0 aliphatic carbocycles. The highest BCUT2D eigenvalue weighted by atomic mass is 19.1. The average molecular weight is 452 g/mol. The quantitative estimate of drug-likeness (QED) is 0.478. The van der Waals surface area contributed by atoms with Crippen LogP contribution < -0.4 is 5.32 Å². The molecule has 0 unspecified atom stereocenters. The van der Waals surface area contributed by atoms with Crippen LogP contribution in [0.25, 0.3) is 11.4 Å². The first-order chi connectivity index (χ1) is 16.2. The number of aromatic nitrogens is 4. The minimum atomic E-state index is -0.309. The lowest BCUT2D eigenvalue weighted by molar-refractivity contribution is -0.117. The summed E-state index contributed by atoms with van der Waals surface area (Å²) in [6.07, 6.45) is 3.27. The van der Waals surface area contributed by atoms with E-state index >= 15 is 0 Å². The zero-order valence-corrected chi connectivity index (χ0v) is 18.7. The average Bonchev–Trinajstić information content (AvgIpc) is 3.31. The number of unbranched alkanes of at least 4 members (excludes halogenated alkanes) is 2. The Morgan fingerprint density at radius 1 is 0.879 bits per heavy atom. The summed E-state index contributed by atoms with van der Waals surface area (Å²) in [5.41, 5.74) is 1.60.